The molecule has 0 saturated carbocycles. The molecule has 112 valence electrons. The molecule has 1 aliphatic carbocycles. The first-order valence-electron chi connectivity index (χ1n) is 8.25. The smallest absolute Gasteiger partial charge is 0.229 e. The van der Waals surface area contributed by atoms with Crippen molar-refractivity contribution in [3.63, 3.8) is 0 Å². The highest BCUT2D eigenvalue weighted by Gasteiger charge is 2.23. The first-order chi connectivity index (χ1) is 8.89. The molecule has 0 aliphatic heterocycles. The van der Waals surface area contributed by atoms with Crippen molar-refractivity contribution in [2.45, 2.75) is 85.2 Å². The highest BCUT2D eigenvalue weighted by molar-refractivity contribution is 6.48. The van der Waals surface area contributed by atoms with Crippen LogP contribution in [0.3, 0.4) is 0 Å². The molecule has 0 amide bonds. The molecule has 1 unspecified atom stereocenters. The van der Waals surface area contributed by atoms with E-state index in [2.05, 4.69) is 39.9 Å². The Morgan fingerprint density at radius 1 is 1.05 bits per heavy atom. The predicted octanol–water partition coefficient (Wildman–Crippen LogP) is 5.67. The van der Waals surface area contributed by atoms with Crippen LogP contribution < -0.4 is 0 Å². The summed E-state index contributed by atoms with van der Waals surface area (Å²) in [5.41, 5.74) is 0.422. The molecule has 1 atom stereocenters. The summed E-state index contributed by atoms with van der Waals surface area (Å²) in [6, 6.07) is 0. The minimum atomic E-state index is -0.946. The third kappa shape index (κ3) is 7.19. The van der Waals surface area contributed by atoms with Crippen LogP contribution in [-0.2, 0) is 4.43 Å². The summed E-state index contributed by atoms with van der Waals surface area (Å²) in [6.07, 6.45) is 13.1. The van der Waals surface area contributed by atoms with Gasteiger partial charge in [0.25, 0.3) is 0 Å². The van der Waals surface area contributed by atoms with Crippen LogP contribution in [0.15, 0.2) is 11.8 Å². The lowest BCUT2D eigenvalue weighted by Gasteiger charge is -2.30. The third-order valence-corrected chi connectivity index (χ3v) is 4.99. The largest absolute Gasteiger partial charge is 0.550 e. The minimum absolute atomic E-state index is 0.422. The fourth-order valence-electron chi connectivity index (χ4n) is 2.91. The van der Waals surface area contributed by atoms with Crippen molar-refractivity contribution in [1.82, 2.24) is 0 Å². The Hall–Kier alpha value is -0.243. The molecule has 0 aromatic carbocycles. The lowest BCUT2D eigenvalue weighted by atomic mass is 9.76. The number of hydrogen-bond donors (Lipinski definition) is 0. The van der Waals surface area contributed by atoms with Crippen molar-refractivity contribution in [1.29, 1.82) is 0 Å². The van der Waals surface area contributed by atoms with Crippen LogP contribution in [-0.4, -0.2) is 9.04 Å². The monoisotopic (exact) mass is 282 g/mol. The molecular weight excluding hydrogens is 248 g/mol. The van der Waals surface area contributed by atoms with Crippen LogP contribution in [0.25, 0.3) is 0 Å². The molecule has 2 heteroatoms. The highest BCUT2D eigenvalue weighted by atomic mass is 28.3. The molecule has 0 spiro atoms. The van der Waals surface area contributed by atoms with Gasteiger partial charge in [-0.05, 0) is 49.8 Å². The van der Waals surface area contributed by atoms with Crippen molar-refractivity contribution < 1.29 is 4.43 Å². The second kappa shape index (κ2) is 8.14. The molecular formula is C17H34OSi. The van der Waals surface area contributed by atoms with E-state index in [1.807, 2.05) is 0 Å². The van der Waals surface area contributed by atoms with Crippen LogP contribution in [0, 0.1) is 11.3 Å². The van der Waals surface area contributed by atoms with E-state index in [4.69, 9.17) is 4.43 Å². The van der Waals surface area contributed by atoms with E-state index >= 15 is 0 Å². The standard InChI is InChI=1S/C17H34OSi/c1-17(2,3)15-11-9-7-6-8-10-12-16(14-13-15)18-19(4)5/h14-15,19H,6-13H2,1-5H3. The first kappa shape index (κ1) is 16.8. The Labute approximate surface area is 122 Å². The SMILES string of the molecule is C[SiH](C)OC1=CCC(C(C)(C)C)CCCCCCC1. The molecule has 0 fully saturated rings. The van der Waals surface area contributed by atoms with Crippen molar-refractivity contribution in [3.8, 4) is 0 Å². The molecule has 1 nitrogen and oxygen atoms in total. The number of rotatable bonds is 2. The zero-order chi connectivity index (χ0) is 14.3. The average Bonchev–Trinajstić information content (AvgIpc) is 2.32. The van der Waals surface area contributed by atoms with Gasteiger partial charge in [0.2, 0.25) is 9.04 Å². The van der Waals surface area contributed by atoms with Gasteiger partial charge in [-0.2, -0.15) is 0 Å². The van der Waals surface area contributed by atoms with Crippen LogP contribution >= 0.6 is 0 Å². The van der Waals surface area contributed by atoms with Crippen molar-refractivity contribution >= 4 is 9.04 Å². The lowest BCUT2D eigenvalue weighted by Crippen LogP contribution is -2.20. The summed E-state index contributed by atoms with van der Waals surface area (Å²) in [5.74, 6) is 2.11. The van der Waals surface area contributed by atoms with Crippen LogP contribution in [0.5, 0.6) is 0 Å². The summed E-state index contributed by atoms with van der Waals surface area (Å²) in [7, 11) is -0.946. The Kier molecular flexibility index (Phi) is 7.20. The normalized spacial score (nSPS) is 23.7. The van der Waals surface area contributed by atoms with E-state index in [0.717, 1.165) is 5.92 Å². The van der Waals surface area contributed by atoms with Gasteiger partial charge in [-0.1, -0.05) is 46.5 Å². The van der Waals surface area contributed by atoms with E-state index in [1.54, 1.807) is 0 Å². The topological polar surface area (TPSA) is 9.23 Å². The molecule has 19 heavy (non-hydrogen) atoms. The maximum atomic E-state index is 6.12. The molecule has 0 N–H and O–H groups in total. The quantitative estimate of drug-likeness (QED) is 0.593. The second-order valence-corrected chi connectivity index (χ2v) is 9.78. The van der Waals surface area contributed by atoms with Gasteiger partial charge in [-0.15, -0.1) is 0 Å². The van der Waals surface area contributed by atoms with Gasteiger partial charge < -0.3 is 4.43 Å². The van der Waals surface area contributed by atoms with Gasteiger partial charge in [0.15, 0.2) is 0 Å². The molecule has 0 radical (unpaired) electrons. The summed E-state index contributed by atoms with van der Waals surface area (Å²) < 4.78 is 6.12. The first-order valence-corrected chi connectivity index (χ1v) is 11.0. The molecule has 0 bridgehead atoms. The van der Waals surface area contributed by atoms with Crippen molar-refractivity contribution in [2.24, 2.45) is 11.3 Å². The van der Waals surface area contributed by atoms with Crippen LogP contribution in [0.1, 0.15) is 72.1 Å². The van der Waals surface area contributed by atoms with E-state index in [-0.39, 0.29) is 0 Å². The van der Waals surface area contributed by atoms with Gasteiger partial charge in [0.05, 0.1) is 5.76 Å². The highest BCUT2D eigenvalue weighted by Crippen LogP contribution is 2.34. The Bertz CT molecular complexity index is 275. The van der Waals surface area contributed by atoms with Crippen molar-refractivity contribution in [3.05, 3.63) is 11.8 Å². The van der Waals surface area contributed by atoms with Gasteiger partial charge >= 0.3 is 0 Å². The number of allylic oxidation sites excluding steroid dienone is 2. The molecule has 0 aromatic rings. The lowest BCUT2D eigenvalue weighted by molar-refractivity contribution is 0.220. The third-order valence-electron chi connectivity index (χ3n) is 4.22. The fraction of sp³-hybridized carbons (Fsp3) is 0.882. The van der Waals surface area contributed by atoms with Crippen molar-refractivity contribution in [2.75, 3.05) is 0 Å². The maximum Gasteiger partial charge on any atom is 0.229 e. The minimum Gasteiger partial charge on any atom is -0.550 e. The van der Waals surface area contributed by atoms with Crippen LogP contribution in [0.2, 0.25) is 13.1 Å². The summed E-state index contributed by atoms with van der Waals surface area (Å²) in [4.78, 5) is 0. The molecule has 0 saturated heterocycles. The summed E-state index contributed by atoms with van der Waals surface area (Å²) >= 11 is 0. The fourth-order valence-corrected chi connectivity index (χ4v) is 3.73. The Morgan fingerprint density at radius 2 is 1.68 bits per heavy atom. The molecule has 0 aromatic heterocycles. The predicted molar refractivity (Wildman–Crippen MR) is 87.9 cm³/mol. The Morgan fingerprint density at radius 3 is 2.32 bits per heavy atom. The van der Waals surface area contributed by atoms with Crippen LogP contribution in [0.4, 0.5) is 0 Å². The molecule has 0 heterocycles. The zero-order valence-electron chi connectivity index (χ0n) is 13.8. The zero-order valence-corrected chi connectivity index (χ0v) is 15.0. The molecule has 1 aliphatic rings. The van der Waals surface area contributed by atoms with Gasteiger partial charge in [0.1, 0.15) is 0 Å². The average molecular weight is 283 g/mol. The Balaban J connectivity index is 2.71. The van der Waals surface area contributed by atoms with Gasteiger partial charge in [-0.3, -0.25) is 0 Å². The molecule has 1 rings (SSSR count). The number of hydrogen-bond acceptors (Lipinski definition) is 1. The second-order valence-electron chi connectivity index (χ2n) is 7.44. The van der Waals surface area contributed by atoms with Gasteiger partial charge in [0, 0.05) is 6.42 Å². The van der Waals surface area contributed by atoms with E-state index < -0.39 is 9.04 Å². The maximum absolute atomic E-state index is 6.12. The van der Waals surface area contributed by atoms with E-state index in [0.29, 0.717) is 5.41 Å². The van der Waals surface area contributed by atoms with E-state index in [1.165, 1.54) is 57.1 Å². The summed E-state index contributed by atoms with van der Waals surface area (Å²) in [5, 5.41) is 0. The van der Waals surface area contributed by atoms with Gasteiger partial charge in [-0.25, -0.2) is 0 Å². The van der Waals surface area contributed by atoms with E-state index in [9.17, 15) is 0 Å². The summed E-state index contributed by atoms with van der Waals surface area (Å²) in [6.45, 7) is 11.7.